The second kappa shape index (κ2) is 6.53. The number of carbonyl (C=O) groups excluding carboxylic acids is 2. The summed E-state index contributed by atoms with van der Waals surface area (Å²) in [5.74, 6) is -3.09. The summed E-state index contributed by atoms with van der Waals surface area (Å²) < 4.78 is 42.6. The summed E-state index contributed by atoms with van der Waals surface area (Å²) in [7, 11) is 1.29. The Balaban J connectivity index is 3.15. The van der Waals surface area contributed by atoms with E-state index < -0.39 is 41.0 Å². The quantitative estimate of drug-likeness (QED) is 0.482. The number of pyridine rings is 1. The highest BCUT2D eigenvalue weighted by atomic mass is 19.4. The molecule has 0 aromatic carbocycles. The molecule has 1 aromatic rings. The Bertz CT molecular complexity index is 546. The topological polar surface area (TPSA) is 88.5 Å². The number of aromatic nitrogens is 1. The van der Waals surface area contributed by atoms with Gasteiger partial charge in [-0.3, -0.25) is 4.79 Å². The van der Waals surface area contributed by atoms with Crippen molar-refractivity contribution < 1.29 is 32.6 Å². The van der Waals surface area contributed by atoms with Crippen LogP contribution in [0.1, 0.15) is 22.8 Å². The number of hydrogen-bond donors (Lipinski definition) is 2. The minimum Gasteiger partial charge on any atom is -0.493 e. The van der Waals surface area contributed by atoms with Crippen LogP contribution in [0.25, 0.3) is 0 Å². The molecular weight excluding hydrogens is 293 g/mol. The first-order chi connectivity index (χ1) is 9.72. The zero-order chi connectivity index (χ0) is 16.2. The first-order valence-corrected chi connectivity index (χ1v) is 5.86. The smallest absolute Gasteiger partial charge is 0.421 e. The van der Waals surface area contributed by atoms with E-state index in [1.165, 1.54) is 14.0 Å². The van der Waals surface area contributed by atoms with Gasteiger partial charge in [-0.05, 0) is 20.0 Å². The molecule has 0 saturated heterocycles. The first-order valence-electron chi connectivity index (χ1n) is 5.86. The number of hydrogen-bond acceptors (Lipinski definition) is 6. The standard InChI is InChI=1S/C12H13F3N2O4/c1-3-21-11(20)8(16-2)9(18)6-4-7(12(13,14)15)10(19)17-5-6/h4-5,8,16H,3H2,1-2H3,(H,17,19). The van der Waals surface area contributed by atoms with Gasteiger partial charge in [-0.1, -0.05) is 0 Å². The van der Waals surface area contributed by atoms with Gasteiger partial charge in [-0.2, -0.15) is 13.2 Å². The van der Waals surface area contributed by atoms with Crippen LogP contribution >= 0.6 is 0 Å². The fourth-order valence-corrected chi connectivity index (χ4v) is 1.55. The fraction of sp³-hybridized carbons (Fsp3) is 0.417. The Hall–Kier alpha value is -2.16. The van der Waals surface area contributed by atoms with Crippen molar-refractivity contribution in [3.05, 3.63) is 23.4 Å². The minimum atomic E-state index is -4.87. The third kappa shape index (κ3) is 3.91. The SMILES string of the molecule is CCOC(=O)C(NC)C(=O)c1cnc(O)c(C(F)(F)F)c1. The molecule has 1 heterocycles. The van der Waals surface area contributed by atoms with Gasteiger partial charge in [0.05, 0.1) is 6.61 Å². The Morgan fingerprint density at radius 3 is 2.57 bits per heavy atom. The number of likely N-dealkylation sites (N-methyl/N-ethyl adjacent to an activating group) is 1. The fourth-order valence-electron chi connectivity index (χ4n) is 1.55. The normalized spacial score (nSPS) is 12.8. The molecule has 9 heteroatoms. The van der Waals surface area contributed by atoms with Crippen LogP contribution in [-0.2, 0) is 15.7 Å². The Morgan fingerprint density at radius 2 is 2.10 bits per heavy atom. The van der Waals surface area contributed by atoms with Crippen molar-refractivity contribution in [2.45, 2.75) is 19.1 Å². The molecule has 0 fully saturated rings. The van der Waals surface area contributed by atoms with Crippen LogP contribution in [-0.4, -0.2) is 41.5 Å². The lowest BCUT2D eigenvalue weighted by Crippen LogP contribution is -2.42. The highest BCUT2D eigenvalue weighted by molar-refractivity contribution is 6.12. The summed E-state index contributed by atoms with van der Waals surface area (Å²) in [5, 5.41) is 11.5. The molecule has 0 radical (unpaired) electrons. The van der Waals surface area contributed by atoms with Gasteiger partial charge in [0.25, 0.3) is 0 Å². The summed E-state index contributed by atoms with van der Waals surface area (Å²) in [6, 6.07) is -1.01. The van der Waals surface area contributed by atoms with Crippen LogP contribution in [0, 0.1) is 0 Å². The first kappa shape index (κ1) is 16.9. The van der Waals surface area contributed by atoms with Gasteiger partial charge in [-0.25, -0.2) is 9.78 Å². The van der Waals surface area contributed by atoms with Crippen LogP contribution in [0.15, 0.2) is 12.3 Å². The Kier molecular flexibility index (Phi) is 5.25. The molecule has 116 valence electrons. The molecule has 0 spiro atoms. The predicted octanol–water partition coefficient (Wildman–Crippen LogP) is 1.14. The van der Waals surface area contributed by atoms with Gasteiger partial charge >= 0.3 is 12.1 Å². The second-order valence-electron chi connectivity index (χ2n) is 3.93. The number of carbonyl (C=O) groups is 2. The van der Waals surface area contributed by atoms with Crippen molar-refractivity contribution in [3.8, 4) is 5.88 Å². The largest absolute Gasteiger partial charge is 0.493 e. The maximum Gasteiger partial charge on any atom is 0.421 e. The third-order valence-electron chi connectivity index (χ3n) is 2.53. The second-order valence-corrected chi connectivity index (χ2v) is 3.93. The molecule has 2 N–H and O–H groups in total. The van der Waals surface area contributed by atoms with E-state index in [9.17, 15) is 22.8 Å². The summed E-state index contributed by atoms with van der Waals surface area (Å²) in [6.45, 7) is 1.55. The summed E-state index contributed by atoms with van der Waals surface area (Å²) in [5.41, 5.74) is -1.92. The molecule has 21 heavy (non-hydrogen) atoms. The molecule has 1 atom stereocenters. The van der Waals surface area contributed by atoms with E-state index in [1.807, 2.05) is 0 Å². The number of ketones is 1. The van der Waals surface area contributed by atoms with Crippen LogP contribution in [0.3, 0.4) is 0 Å². The average Bonchev–Trinajstić information content (AvgIpc) is 2.38. The van der Waals surface area contributed by atoms with E-state index in [0.29, 0.717) is 6.07 Å². The van der Waals surface area contributed by atoms with Crippen molar-refractivity contribution >= 4 is 11.8 Å². The number of nitrogens with zero attached hydrogens (tertiary/aromatic N) is 1. The number of rotatable bonds is 5. The molecule has 0 amide bonds. The molecule has 1 unspecified atom stereocenters. The van der Waals surface area contributed by atoms with Gasteiger partial charge in [0.15, 0.2) is 11.8 Å². The van der Waals surface area contributed by atoms with Crippen molar-refractivity contribution in [2.24, 2.45) is 0 Å². The summed E-state index contributed by atoms with van der Waals surface area (Å²) in [6.07, 6.45) is -4.11. The minimum absolute atomic E-state index is 0.0198. The molecule has 0 saturated carbocycles. The van der Waals surface area contributed by atoms with Gasteiger partial charge in [0.1, 0.15) is 5.56 Å². The number of alkyl halides is 3. The maximum absolute atomic E-state index is 12.6. The van der Waals surface area contributed by atoms with Crippen LogP contribution in [0.5, 0.6) is 5.88 Å². The molecule has 0 aliphatic carbocycles. The van der Waals surface area contributed by atoms with E-state index >= 15 is 0 Å². The lowest BCUT2D eigenvalue weighted by atomic mass is 10.0. The zero-order valence-electron chi connectivity index (χ0n) is 11.2. The lowest BCUT2D eigenvalue weighted by Gasteiger charge is -2.14. The highest BCUT2D eigenvalue weighted by Crippen LogP contribution is 2.34. The molecule has 6 nitrogen and oxygen atoms in total. The Morgan fingerprint density at radius 1 is 1.48 bits per heavy atom. The monoisotopic (exact) mass is 306 g/mol. The number of nitrogens with one attached hydrogen (secondary N) is 1. The van der Waals surface area contributed by atoms with Crippen molar-refractivity contribution in [2.75, 3.05) is 13.7 Å². The summed E-state index contributed by atoms with van der Waals surface area (Å²) in [4.78, 5) is 26.7. The molecule has 1 rings (SSSR count). The number of halogens is 3. The van der Waals surface area contributed by atoms with Crippen LogP contribution < -0.4 is 5.32 Å². The number of Topliss-reactive ketones (excluding diaryl/α,β-unsaturated/α-hetero) is 1. The van der Waals surface area contributed by atoms with Gasteiger partial charge in [0, 0.05) is 11.8 Å². The molecule has 0 aliphatic heterocycles. The molecule has 1 aromatic heterocycles. The van der Waals surface area contributed by atoms with E-state index in [0.717, 1.165) is 6.20 Å². The van der Waals surface area contributed by atoms with E-state index in [1.54, 1.807) is 0 Å². The van der Waals surface area contributed by atoms with Gasteiger partial charge in [-0.15, -0.1) is 0 Å². The van der Waals surface area contributed by atoms with E-state index in [4.69, 9.17) is 5.11 Å². The lowest BCUT2D eigenvalue weighted by molar-refractivity contribution is -0.144. The predicted molar refractivity (Wildman–Crippen MR) is 64.7 cm³/mol. The van der Waals surface area contributed by atoms with E-state index in [2.05, 4.69) is 15.0 Å². The molecule has 0 aliphatic rings. The Labute approximate surface area is 117 Å². The van der Waals surface area contributed by atoms with Crippen LogP contribution in [0.4, 0.5) is 13.2 Å². The van der Waals surface area contributed by atoms with Crippen molar-refractivity contribution in [3.63, 3.8) is 0 Å². The van der Waals surface area contributed by atoms with Gasteiger partial charge in [0.2, 0.25) is 5.88 Å². The third-order valence-corrected chi connectivity index (χ3v) is 2.53. The zero-order valence-corrected chi connectivity index (χ0v) is 11.2. The number of esters is 1. The van der Waals surface area contributed by atoms with Crippen molar-refractivity contribution in [1.29, 1.82) is 0 Å². The summed E-state index contributed by atoms with van der Waals surface area (Å²) >= 11 is 0. The van der Waals surface area contributed by atoms with Gasteiger partial charge < -0.3 is 15.2 Å². The molecule has 0 bridgehead atoms. The van der Waals surface area contributed by atoms with E-state index in [-0.39, 0.29) is 6.61 Å². The van der Waals surface area contributed by atoms with Crippen molar-refractivity contribution in [1.82, 2.24) is 10.3 Å². The number of ether oxygens (including phenoxy) is 1. The molecular formula is C12H13F3N2O4. The average molecular weight is 306 g/mol. The van der Waals surface area contributed by atoms with Crippen LogP contribution in [0.2, 0.25) is 0 Å². The maximum atomic E-state index is 12.6. The number of aromatic hydroxyl groups is 1. The highest BCUT2D eigenvalue weighted by Gasteiger charge is 2.36.